The van der Waals surface area contributed by atoms with Gasteiger partial charge in [0.2, 0.25) is 0 Å². The first-order valence-electron chi connectivity index (χ1n) is 6.70. The third-order valence-electron chi connectivity index (χ3n) is 3.33. The summed E-state index contributed by atoms with van der Waals surface area (Å²) < 4.78 is 5.38. The largest absolute Gasteiger partial charge is 0.422 e. The maximum Gasteiger partial charge on any atom is 0.345 e. The van der Waals surface area contributed by atoms with Crippen LogP contribution >= 0.6 is 11.6 Å². The molecule has 0 aliphatic rings. The molecule has 0 heterocycles. The molecule has 6 heteroatoms. The summed E-state index contributed by atoms with van der Waals surface area (Å²) in [5.41, 5.74) is -0.270. The Bertz CT molecular complexity index is 918. The SMILES string of the molecule is O=C(Oc1cccc2ccccc12)c1cc([N+](=O)[O-])ccc1Cl. The maximum absolute atomic E-state index is 12.3. The number of hydrogen-bond donors (Lipinski definition) is 0. The van der Waals surface area contributed by atoms with Crippen molar-refractivity contribution in [2.75, 3.05) is 0 Å². The predicted octanol–water partition coefficient (Wildman–Crippen LogP) is 4.62. The molecule has 0 aliphatic heterocycles. The summed E-state index contributed by atoms with van der Waals surface area (Å²) in [6, 6.07) is 16.4. The smallest absolute Gasteiger partial charge is 0.345 e. The van der Waals surface area contributed by atoms with Crippen LogP contribution in [0.3, 0.4) is 0 Å². The van der Waals surface area contributed by atoms with Crippen LogP contribution in [-0.4, -0.2) is 10.9 Å². The molecule has 114 valence electrons. The summed E-state index contributed by atoms with van der Waals surface area (Å²) in [6.07, 6.45) is 0. The van der Waals surface area contributed by atoms with Crippen LogP contribution in [-0.2, 0) is 0 Å². The highest BCUT2D eigenvalue weighted by molar-refractivity contribution is 6.33. The second-order valence-electron chi connectivity index (χ2n) is 4.79. The van der Waals surface area contributed by atoms with Gasteiger partial charge in [-0.1, -0.05) is 48.0 Å². The van der Waals surface area contributed by atoms with Crippen molar-refractivity contribution in [1.29, 1.82) is 0 Å². The van der Waals surface area contributed by atoms with Gasteiger partial charge in [0, 0.05) is 17.5 Å². The minimum absolute atomic E-state index is 0.0474. The molecule has 0 aromatic heterocycles. The zero-order chi connectivity index (χ0) is 16.4. The number of nitrogens with zero attached hydrogens (tertiary/aromatic N) is 1. The zero-order valence-electron chi connectivity index (χ0n) is 11.7. The molecule has 0 atom stereocenters. The molecule has 0 amide bonds. The first-order chi connectivity index (χ1) is 11.1. The zero-order valence-corrected chi connectivity index (χ0v) is 12.5. The fourth-order valence-electron chi connectivity index (χ4n) is 2.22. The van der Waals surface area contributed by atoms with Crippen molar-refractivity contribution in [1.82, 2.24) is 0 Å². The Hall–Kier alpha value is -2.92. The lowest BCUT2D eigenvalue weighted by molar-refractivity contribution is -0.384. The average Bonchev–Trinajstić information content (AvgIpc) is 2.55. The lowest BCUT2D eigenvalue weighted by atomic mass is 10.1. The Morgan fingerprint density at radius 2 is 1.78 bits per heavy atom. The number of nitro groups is 1. The van der Waals surface area contributed by atoms with Crippen LogP contribution in [0.2, 0.25) is 5.02 Å². The Morgan fingerprint density at radius 1 is 1.04 bits per heavy atom. The second kappa shape index (κ2) is 6.06. The highest BCUT2D eigenvalue weighted by atomic mass is 35.5. The molecule has 0 unspecified atom stereocenters. The molecule has 0 bridgehead atoms. The predicted molar refractivity (Wildman–Crippen MR) is 87.0 cm³/mol. The quantitative estimate of drug-likeness (QED) is 0.304. The minimum Gasteiger partial charge on any atom is -0.422 e. The molecule has 0 aliphatic carbocycles. The summed E-state index contributed by atoms with van der Waals surface area (Å²) in [4.78, 5) is 22.6. The molecule has 0 spiro atoms. The fraction of sp³-hybridized carbons (Fsp3) is 0. The Morgan fingerprint density at radius 3 is 2.57 bits per heavy atom. The van der Waals surface area contributed by atoms with Gasteiger partial charge < -0.3 is 4.74 Å². The van der Waals surface area contributed by atoms with Crippen molar-refractivity contribution in [3.63, 3.8) is 0 Å². The van der Waals surface area contributed by atoms with Crippen molar-refractivity contribution in [2.45, 2.75) is 0 Å². The number of carbonyl (C=O) groups excluding carboxylic acids is 1. The number of ether oxygens (including phenoxy) is 1. The molecule has 3 rings (SSSR count). The van der Waals surface area contributed by atoms with Gasteiger partial charge in [0.05, 0.1) is 15.5 Å². The fourth-order valence-corrected chi connectivity index (χ4v) is 2.42. The molecule has 0 fully saturated rings. The van der Waals surface area contributed by atoms with Crippen molar-refractivity contribution in [3.8, 4) is 5.75 Å². The summed E-state index contributed by atoms with van der Waals surface area (Å²) in [5, 5.41) is 12.6. The summed E-state index contributed by atoms with van der Waals surface area (Å²) in [7, 11) is 0. The van der Waals surface area contributed by atoms with E-state index in [1.807, 2.05) is 30.3 Å². The van der Waals surface area contributed by atoms with Gasteiger partial charge >= 0.3 is 5.97 Å². The molecule has 3 aromatic rings. The monoisotopic (exact) mass is 327 g/mol. The van der Waals surface area contributed by atoms with E-state index in [0.717, 1.165) is 16.8 Å². The van der Waals surface area contributed by atoms with E-state index in [2.05, 4.69) is 0 Å². The highest BCUT2D eigenvalue weighted by Crippen LogP contribution is 2.28. The lowest BCUT2D eigenvalue weighted by Crippen LogP contribution is -2.10. The third-order valence-corrected chi connectivity index (χ3v) is 3.66. The van der Waals surface area contributed by atoms with Crippen molar-refractivity contribution in [2.24, 2.45) is 0 Å². The van der Waals surface area contributed by atoms with Crippen LogP contribution in [0.15, 0.2) is 60.7 Å². The van der Waals surface area contributed by atoms with Crippen molar-refractivity contribution >= 4 is 34.0 Å². The molecule has 3 aromatic carbocycles. The average molecular weight is 328 g/mol. The molecular formula is C17H10ClNO4. The number of hydrogen-bond acceptors (Lipinski definition) is 4. The van der Waals surface area contributed by atoms with Gasteiger partial charge in [0.15, 0.2) is 0 Å². The molecule has 5 nitrogen and oxygen atoms in total. The number of esters is 1. The summed E-state index contributed by atoms with van der Waals surface area (Å²) >= 11 is 5.96. The van der Waals surface area contributed by atoms with Crippen molar-refractivity contribution < 1.29 is 14.5 Å². The van der Waals surface area contributed by atoms with Crippen LogP contribution in [0.4, 0.5) is 5.69 Å². The van der Waals surface area contributed by atoms with Crippen LogP contribution in [0.25, 0.3) is 10.8 Å². The van der Waals surface area contributed by atoms with E-state index in [1.54, 1.807) is 12.1 Å². The Balaban J connectivity index is 1.98. The van der Waals surface area contributed by atoms with Gasteiger partial charge in [0.25, 0.3) is 5.69 Å². The number of nitro benzene ring substituents is 1. The molecule has 0 radical (unpaired) electrons. The topological polar surface area (TPSA) is 69.4 Å². The van der Waals surface area contributed by atoms with Gasteiger partial charge in [-0.15, -0.1) is 0 Å². The lowest BCUT2D eigenvalue weighted by Gasteiger charge is -2.08. The van der Waals surface area contributed by atoms with Crippen LogP contribution in [0.1, 0.15) is 10.4 Å². The molecular weight excluding hydrogens is 318 g/mol. The highest BCUT2D eigenvalue weighted by Gasteiger charge is 2.18. The van der Waals surface area contributed by atoms with E-state index in [-0.39, 0.29) is 16.3 Å². The number of carbonyl (C=O) groups is 1. The van der Waals surface area contributed by atoms with E-state index in [0.29, 0.717) is 5.75 Å². The molecule has 0 saturated heterocycles. The van der Waals surface area contributed by atoms with E-state index < -0.39 is 10.9 Å². The maximum atomic E-state index is 12.3. The van der Waals surface area contributed by atoms with Crippen LogP contribution < -0.4 is 4.74 Å². The molecule has 0 N–H and O–H groups in total. The number of rotatable bonds is 3. The minimum atomic E-state index is -0.741. The van der Waals surface area contributed by atoms with E-state index in [4.69, 9.17) is 16.3 Å². The number of non-ortho nitro benzene ring substituents is 1. The molecule has 0 saturated carbocycles. The van der Waals surface area contributed by atoms with E-state index in [9.17, 15) is 14.9 Å². The van der Waals surface area contributed by atoms with Crippen LogP contribution in [0, 0.1) is 10.1 Å². The van der Waals surface area contributed by atoms with Crippen LogP contribution in [0.5, 0.6) is 5.75 Å². The van der Waals surface area contributed by atoms with E-state index >= 15 is 0 Å². The first-order valence-corrected chi connectivity index (χ1v) is 7.08. The van der Waals surface area contributed by atoms with Gasteiger partial charge in [-0.05, 0) is 17.5 Å². The third kappa shape index (κ3) is 3.00. The van der Waals surface area contributed by atoms with Gasteiger partial charge in [-0.2, -0.15) is 0 Å². The van der Waals surface area contributed by atoms with E-state index in [1.165, 1.54) is 12.1 Å². The normalized spacial score (nSPS) is 10.5. The van der Waals surface area contributed by atoms with Gasteiger partial charge in [-0.25, -0.2) is 4.79 Å². The summed E-state index contributed by atoms with van der Waals surface area (Å²) in [6.45, 7) is 0. The summed E-state index contributed by atoms with van der Waals surface area (Å²) in [5.74, 6) is -0.370. The standard InChI is InChI=1S/C17H10ClNO4/c18-15-9-8-12(19(21)22)10-14(15)17(20)23-16-7-3-5-11-4-1-2-6-13(11)16/h1-10H. The number of fused-ring (bicyclic) bond motifs is 1. The van der Waals surface area contributed by atoms with Crippen molar-refractivity contribution in [3.05, 3.63) is 81.4 Å². The van der Waals surface area contributed by atoms with Gasteiger partial charge in [-0.3, -0.25) is 10.1 Å². The number of benzene rings is 3. The second-order valence-corrected chi connectivity index (χ2v) is 5.20. The van der Waals surface area contributed by atoms with Gasteiger partial charge in [0.1, 0.15) is 5.75 Å². The number of halogens is 1. The Kier molecular flexibility index (Phi) is 3.95. The molecule has 23 heavy (non-hydrogen) atoms. The Labute approximate surface area is 136 Å². The first kappa shape index (κ1) is 15.0.